The number of benzene rings is 2. The fourth-order valence-electron chi connectivity index (χ4n) is 2.08. The molecule has 0 saturated carbocycles. The third-order valence-corrected chi connectivity index (χ3v) is 3.38. The summed E-state index contributed by atoms with van der Waals surface area (Å²) in [6.07, 6.45) is 0.699. The van der Waals surface area contributed by atoms with Gasteiger partial charge in [0.05, 0.1) is 19.9 Å². The summed E-state index contributed by atoms with van der Waals surface area (Å²) in [5.74, 6) is 1.14. The van der Waals surface area contributed by atoms with Crippen LogP contribution in [-0.4, -0.2) is 25.8 Å². The van der Waals surface area contributed by atoms with E-state index in [1.165, 1.54) is 0 Å². The zero-order valence-electron chi connectivity index (χ0n) is 13.5. The number of ether oxygens (including phenoxy) is 2. The molecule has 0 aliphatic rings. The number of hydrogen-bond donors (Lipinski definition) is 1. The van der Waals surface area contributed by atoms with Crippen molar-refractivity contribution in [1.82, 2.24) is 5.43 Å². The Balaban J connectivity index is 2.13. The van der Waals surface area contributed by atoms with Crippen LogP contribution in [-0.2, 0) is 0 Å². The summed E-state index contributed by atoms with van der Waals surface area (Å²) < 4.78 is 10.3. The van der Waals surface area contributed by atoms with E-state index in [9.17, 15) is 4.79 Å². The third-order valence-electron chi connectivity index (χ3n) is 3.38. The SMILES string of the molecule is CC/C(=N/NC(=O)c1cccc(OC)c1)c1ccc(OC)cc1. The van der Waals surface area contributed by atoms with Gasteiger partial charge < -0.3 is 9.47 Å². The summed E-state index contributed by atoms with van der Waals surface area (Å²) in [4.78, 5) is 12.2. The molecule has 0 radical (unpaired) electrons. The van der Waals surface area contributed by atoms with Gasteiger partial charge in [0.2, 0.25) is 0 Å². The Labute approximate surface area is 135 Å². The topological polar surface area (TPSA) is 59.9 Å². The van der Waals surface area contributed by atoms with E-state index in [0.29, 0.717) is 17.7 Å². The monoisotopic (exact) mass is 312 g/mol. The molecule has 0 unspecified atom stereocenters. The van der Waals surface area contributed by atoms with Crippen LogP contribution in [0.5, 0.6) is 11.5 Å². The number of amides is 1. The summed E-state index contributed by atoms with van der Waals surface area (Å²) in [7, 11) is 3.19. The predicted molar refractivity (Wildman–Crippen MR) is 90.3 cm³/mol. The van der Waals surface area contributed by atoms with Gasteiger partial charge in [-0.1, -0.05) is 13.0 Å². The largest absolute Gasteiger partial charge is 0.497 e. The van der Waals surface area contributed by atoms with Crippen molar-refractivity contribution in [2.24, 2.45) is 5.10 Å². The number of hydrazone groups is 1. The molecule has 0 spiro atoms. The molecule has 0 aliphatic carbocycles. The molecule has 2 aromatic carbocycles. The van der Waals surface area contributed by atoms with Gasteiger partial charge in [-0.15, -0.1) is 0 Å². The van der Waals surface area contributed by atoms with Gasteiger partial charge in [-0.3, -0.25) is 4.79 Å². The minimum absolute atomic E-state index is 0.275. The molecule has 0 fully saturated rings. The Kier molecular flexibility index (Phi) is 5.74. The van der Waals surface area contributed by atoms with Crippen molar-refractivity contribution in [3.63, 3.8) is 0 Å². The molecule has 23 heavy (non-hydrogen) atoms. The second-order valence-electron chi connectivity index (χ2n) is 4.81. The van der Waals surface area contributed by atoms with E-state index in [1.54, 1.807) is 38.5 Å². The molecule has 1 amide bonds. The molecule has 120 valence electrons. The Morgan fingerprint density at radius 3 is 2.30 bits per heavy atom. The lowest BCUT2D eigenvalue weighted by Gasteiger charge is -2.07. The number of nitrogens with zero attached hydrogens (tertiary/aromatic N) is 1. The first kappa shape index (κ1) is 16.5. The zero-order chi connectivity index (χ0) is 16.7. The minimum atomic E-state index is -0.275. The molecule has 0 aliphatic heterocycles. The molecular weight excluding hydrogens is 292 g/mol. The molecule has 5 nitrogen and oxygen atoms in total. The molecule has 0 saturated heterocycles. The second kappa shape index (κ2) is 7.98. The van der Waals surface area contributed by atoms with Crippen molar-refractivity contribution in [2.75, 3.05) is 14.2 Å². The van der Waals surface area contributed by atoms with Gasteiger partial charge in [0, 0.05) is 5.56 Å². The van der Waals surface area contributed by atoms with Gasteiger partial charge >= 0.3 is 0 Å². The average Bonchev–Trinajstić information content (AvgIpc) is 2.62. The van der Waals surface area contributed by atoms with Crippen LogP contribution in [0, 0.1) is 0 Å². The zero-order valence-corrected chi connectivity index (χ0v) is 13.5. The Bertz CT molecular complexity index is 694. The molecule has 0 aromatic heterocycles. The fraction of sp³-hybridized carbons (Fsp3) is 0.222. The number of hydrogen-bond acceptors (Lipinski definition) is 4. The van der Waals surface area contributed by atoms with Crippen LogP contribution in [0.4, 0.5) is 0 Å². The predicted octanol–water partition coefficient (Wildman–Crippen LogP) is 3.25. The first-order valence-electron chi connectivity index (χ1n) is 7.33. The summed E-state index contributed by atoms with van der Waals surface area (Å²) in [6.45, 7) is 1.99. The van der Waals surface area contributed by atoms with Crippen molar-refractivity contribution in [2.45, 2.75) is 13.3 Å². The Morgan fingerprint density at radius 1 is 1.00 bits per heavy atom. The van der Waals surface area contributed by atoms with Crippen LogP contribution >= 0.6 is 0 Å². The number of carbonyl (C=O) groups excluding carboxylic acids is 1. The van der Waals surface area contributed by atoms with Gasteiger partial charge in [0.25, 0.3) is 5.91 Å². The summed E-state index contributed by atoms with van der Waals surface area (Å²) in [6, 6.07) is 14.5. The third kappa shape index (κ3) is 4.32. The highest BCUT2D eigenvalue weighted by Gasteiger charge is 2.07. The van der Waals surface area contributed by atoms with E-state index < -0.39 is 0 Å². The highest BCUT2D eigenvalue weighted by Crippen LogP contribution is 2.14. The lowest BCUT2D eigenvalue weighted by atomic mass is 10.1. The molecule has 5 heteroatoms. The van der Waals surface area contributed by atoms with Crippen LogP contribution in [0.2, 0.25) is 0 Å². The van der Waals surface area contributed by atoms with E-state index in [4.69, 9.17) is 9.47 Å². The van der Waals surface area contributed by atoms with Crippen LogP contribution in [0.3, 0.4) is 0 Å². The summed E-state index contributed by atoms with van der Waals surface area (Å²) in [5, 5.41) is 4.24. The highest BCUT2D eigenvalue weighted by molar-refractivity contribution is 6.02. The molecule has 0 atom stereocenters. The van der Waals surface area contributed by atoms with Gasteiger partial charge in [-0.25, -0.2) is 5.43 Å². The maximum atomic E-state index is 12.2. The van der Waals surface area contributed by atoms with E-state index in [0.717, 1.165) is 17.0 Å². The van der Waals surface area contributed by atoms with E-state index in [1.807, 2.05) is 31.2 Å². The minimum Gasteiger partial charge on any atom is -0.497 e. The van der Waals surface area contributed by atoms with Crippen molar-refractivity contribution in [3.8, 4) is 11.5 Å². The standard InChI is InChI=1S/C18H20N2O3/c1-4-17(13-8-10-15(22-2)11-9-13)19-20-18(21)14-6-5-7-16(12-14)23-3/h5-12H,4H2,1-3H3,(H,20,21)/b19-17-. The number of carbonyl (C=O) groups is 1. The first-order chi connectivity index (χ1) is 11.2. The maximum absolute atomic E-state index is 12.2. The van der Waals surface area contributed by atoms with Crippen LogP contribution in [0.15, 0.2) is 53.6 Å². The van der Waals surface area contributed by atoms with E-state index >= 15 is 0 Å². The number of methoxy groups -OCH3 is 2. The lowest BCUT2D eigenvalue weighted by molar-refractivity contribution is 0.0954. The van der Waals surface area contributed by atoms with Crippen molar-refractivity contribution in [1.29, 1.82) is 0 Å². The van der Waals surface area contributed by atoms with Crippen LogP contribution in [0.25, 0.3) is 0 Å². The van der Waals surface area contributed by atoms with Crippen LogP contribution in [0.1, 0.15) is 29.3 Å². The first-order valence-corrected chi connectivity index (χ1v) is 7.33. The normalized spacial score (nSPS) is 11.0. The second-order valence-corrected chi connectivity index (χ2v) is 4.81. The maximum Gasteiger partial charge on any atom is 0.271 e. The number of nitrogens with one attached hydrogen (secondary N) is 1. The van der Waals surface area contributed by atoms with Gasteiger partial charge in [-0.2, -0.15) is 5.10 Å². The number of rotatable bonds is 6. The van der Waals surface area contributed by atoms with Gasteiger partial charge in [0.1, 0.15) is 11.5 Å². The van der Waals surface area contributed by atoms with Crippen LogP contribution < -0.4 is 14.9 Å². The van der Waals surface area contributed by atoms with Crippen molar-refractivity contribution >= 4 is 11.6 Å². The Morgan fingerprint density at radius 2 is 1.70 bits per heavy atom. The molecule has 1 N–H and O–H groups in total. The molecule has 2 rings (SSSR count). The smallest absolute Gasteiger partial charge is 0.271 e. The Hall–Kier alpha value is -2.82. The van der Waals surface area contributed by atoms with E-state index in [-0.39, 0.29) is 5.91 Å². The van der Waals surface area contributed by atoms with Gasteiger partial charge in [-0.05, 0) is 54.4 Å². The lowest BCUT2D eigenvalue weighted by Crippen LogP contribution is -2.20. The fourth-order valence-corrected chi connectivity index (χ4v) is 2.08. The van der Waals surface area contributed by atoms with Crippen molar-refractivity contribution < 1.29 is 14.3 Å². The highest BCUT2D eigenvalue weighted by atomic mass is 16.5. The average molecular weight is 312 g/mol. The molecule has 0 bridgehead atoms. The van der Waals surface area contributed by atoms with Gasteiger partial charge in [0.15, 0.2) is 0 Å². The summed E-state index contributed by atoms with van der Waals surface area (Å²) in [5.41, 5.74) is 4.83. The quantitative estimate of drug-likeness (QED) is 0.658. The molecule has 2 aromatic rings. The molecular formula is C18H20N2O3. The molecule has 0 heterocycles. The van der Waals surface area contributed by atoms with Crippen molar-refractivity contribution in [3.05, 3.63) is 59.7 Å². The van der Waals surface area contributed by atoms with E-state index in [2.05, 4.69) is 10.5 Å². The summed E-state index contributed by atoms with van der Waals surface area (Å²) >= 11 is 0.